The van der Waals surface area contributed by atoms with Gasteiger partial charge in [0.05, 0.1) is 30.6 Å². The number of aliphatic hydroxyl groups excluding tert-OH is 1. The van der Waals surface area contributed by atoms with Crippen LogP contribution in [0.25, 0.3) is 0 Å². The summed E-state index contributed by atoms with van der Waals surface area (Å²) in [4.78, 5) is 2.41. The van der Waals surface area contributed by atoms with Crippen molar-refractivity contribution >= 4 is 0 Å². The molecule has 5 nitrogen and oxygen atoms in total. The number of rotatable bonds is 7. The molecule has 1 aromatic carbocycles. The zero-order chi connectivity index (χ0) is 16.9. The first-order valence-corrected chi connectivity index (χ1v) is 8.84. The van der Waals surface area contributed by atoms with Crippen molar-refractivity contribution in [3.8, 4) is 5.75 Å². The lowest BCUT2D eigenvalue weighted by atomic mass is 10.2. The fourth-order valence-electron chi connectivity index (χ4n) is 2.97. The molecule has 0 unspecified atom stereocenters. The number of hydrogen-bond acceptors (Lipinski definition) is 4. The predicted octanol–water partition coefficient (Wildman–Crippen LogP) is 3.13. The van der Waals surface area contributed by atoms with E-state index in [2.05, 4.69) is 41.2 Å². The van der Waals surface area contributed by atoms with Gasteiger partial charge in [0.15, 0.2) is 0 Å². The lowest BCUT2D eigenvalue weighted by Crippen LogP contribution is -2.33. The molecule has 1 aliphatic heterocycles. The first kappa shape index (κ1) is 17.0. The van der Waals surface area contributed by atoms with Gasteiger partial charge >= 0.3 is 0 Å². The van der Waals surface area contributed by atoms with Crippen LogP contribution >= 0.6 is 0 Å². The summed E-state index contributed by atoms with van der Waals surface area (Å²) >= 11 is 0. The zero-order valence-corrected chi connectivity index (χ0v) is 14.6. The molecule has 5 heteroatoms. The van der Waals surface area contributed by atoms with Gasteiger partial charge in [-0.25, -0.2) is 0 Å². The Hall–Kier alpha value is -1.85. The molecule has 1 N–H and O–H groups in total. The topological polar surface area (TPSA) is 50.5 Å². The Balaban J connectivity index is 1.56. The van der Waals surface area contributed by atoms with Crippen molar-refractivity contribution in [3.05, 3.63) is 47.3 Å². The monoisotopic (exact) mass is 329 g/mol. The fraction of sp³-hybridized carbons (Fsp3) is 0.526. The number of hydrogen-bond donors (Lipinski definition) is 1. The quantitative estimate of drug-likeness (QED) is 0.793. The SMILES string of the molecule is CCCCOc1ccc(CN2CCn3nc([C@@H](C)O)cc3C2)cc1. The Morgan fingerprint density at radius 1 is 1.25 bits per heavy atom. The molecule has 1 aromatic heterocycles. The van der Waals surface area contributed by atoms with Crippen molar-refractivity contribution in [2.45, 2.75) is 52.4 Å². The summed E-state index contributed by atoms with van der Waals surface area (Å²) in [6.07, 6.45) is 1.75. The Kier molecular flexibility index (Phi) is 5.53. The number of benzene rings is 1. The number of aromatic nitrogens is 2. The van der Waals surface area contributed by atoms with E-state index in [-0.39, 0.29) is 0 Å². The van der Waals surface area contributed by atoms with E-state index in [1.54, 1.807) is 6.92 Å². The van der Waals surface area contributed by atoms with Crippen LogP contribution in [0, 0.1) is 0 Å². The van der Waals surface area contributed by atoms with Crippen molar-refractivity contribution < 1.29 is 9.84 Å². The van der Waals surface area contributed by atoms with Crippen LogP contribution in [-0.2, 0) is 19.6 Å². The lowest BCUT2D eigenvalue weighted by molar-refractivity contribution is 0.189. The highest BCUT2D eigenvalue weighted by Crippen LogP contribution is 2.20. The molecule has 130 valence electrons. The van der Waals surface area contributed by atoms with Gasteiger partial charge in [-0.1, -0.05) is 25.5 Å². The second-order valence-electron chi connectivity index (χ2n) is 6.52. The molecular formula is C19H27N3O2. The van der Waals surface area contributed by atoms with E-state index in [0.717, 1.165) is 57.1 Å². The average molecular weight is 329 g/mol. The Bertz CT molecular complexity index is 649. The second kappa shape index (κ2) is 7.81. The van der Waals surface area contributed by atoms with Gasteiger partial charge in [-0.05, 0) is 37.1 Å². The molecule has 0 radical (unpaired) electrons. The molecular weight excluding hydrogens is 302 g/mol. The summed E-state index contributed by atoms with van der Waals surface area (Å²) in [6.45, 7) is 8.36. The maximum absolute atomic E-state index is 9.68. The van der Waals surface area contributed by atoms with E-state index >= 15 is 0 Å². The molecule has 0 aliphatic carbocycles. The third kappa shape index (κ3) is 4.16. The molecule has 0 saturated carbocycles. The first-order chi connectivity index (χ1) is 11.7. The molecule has 0 bridgehead atoms. The van der Waals surface area contributed by atoms with Crippen LogP contribution in [0.3, 0.4) is 0 Å². The summed E-state index contributed by atoms with van der Waals surface area (Å²) in [7, 11) is 0. The van der Waals surface area contributed by atoms with Crippen LogP contribution in [0.4, 0.5) is 0 Å². The number of nitrogens with zero attached hydrogens (tertiary/aromatic N) is 3. The minimum absolute atomic E-state index is 0.503. The van der Waals surface area contributed by atoms with Crippen LogP contribution < -0.4 is 4.74 Å². The molecule has 0 spiro atoms. The standard InChI is InChI=1S/C19H27N3O2/c1-3-4-11-24-18-7-5-16(6-8-18)13-21-9-10-22-17(14-21)12-19(20-22)15(2)23/h5-8,12,15,23H,3-4,9-11,13-14H2,1-2H3/t15-/m1/s1. The van der Waals surface area contributed by atoms with Crippen molar-refractivity contribution in [2.75, 3.05) is 13.2 Å². The number of unbranched alkanes of at least 4 members (excludes halogenated alkanes) is 1. The normalized spacial score (nSPS) is 16.0. The second-order valence-corrected chi connectivity index (χ2v) is 6.52. The summed E-state index contributed by atoms with van der Waals surface area (Å²) in [5.74, 6) is 0.950. The van der Waals surface area contributed by atoms with E-state index in [9.17, 15) is 5.11 Å². The van der Waals surface area contributed by atoms with Crippen LogP contribution in [0.5, 0.6) is 5.75 Å². The summed E-state index contributed by atoms with van der Waals surface area (Å²) in [5, 5.41) is 14.1. The molecule has 3 rings (SSSR count). The zero-order valence-electron chi connectivity index (χ0n) is 14.6. The fourth-order valence-corrected chi connectivity index (χ4v) is 2.97. The summed E-state index contributed by atoms with van der Waals surface area (Å²) in [6, 6.07) is 10.4. The number of aliphatic hydroxyl groups is 1. The van der Waals surface area contributed by atoms with Gasteiger partial charge < -0.3 is 9.84 Å². The average Bonchev–Trinajstić information content (AvgIpc) is 3.00. The smallest absolute Gasteiger partial charge is 0.119 e. The molecule has 2 aromatic rings. The van der Waals surface area contributed by atoms with Gasteiger partial charge in [-0.15, -0.1) is 0 Å². The lowest BCUT2D eigenvalue weighted by Gasteiger charge is -2.27. The van der Waals surface area contributed by atoms with Crippen LogP contribution in [0.2, 0.25) is 0 Å². The van der Waals surface area contributed by atoms with Crippen molar-refractivity contribution in [2.24, 2.45) is 0 Å². The third-order valence-corrected chi connectivity index (χ3v) is 4.42. The molecule has 1 atom stereocenters. The van der Waals surface area contributed by atoms with Gasteiger partial charge in [0.25, 0.3) is 0 Å². The molecule has 1 aliphatic rings. The summed E-state index contributed by atoms with van der Waals surface area (Å²) in [5.41, 5.74) is 3.23. The van der Waals surface area contributed by atoms with Gasteiger partial charge in [0, 0.05) is 19.6 Å². The molecule has 24 heavy (non-hydrogen) atoms. The minimum atomic E-state index is -0.503. The predicted molar refractivity (Wildman–Crippen MR) is 93.8 cm³/mol. The Morgan fingerprint density at radius 3 is 2.75 bits per heavy atom. The maximum atomic E-state index is 9.68. The molecule has 2 heterocycles. The minimum Gasteiger partial charge on any atom is -0.494 e. The Morgan fingerprint density at radius 2 is 2.04 bits per heavy atom. The largest absolute Gasteiger partial charge is 0.494 e. The number of fused-ring (bicyclic) bond motifs is 1. The van der Waals surface area contributed by atoms with Crippen molar-refractivity contribution in [1.82, 2.24) is 14.7 Å². The first-order valence-electron chi connectivity index (χ1n) is 8.84. The molecule has 0 fully saturated rings. The third-order valence-electron chi connectivity index (χ3n) is 4.42. The maximum Gasteiger partial charge on any atom is 0.119 e. The van der Waals surface area contributed by atoms with Crippen molar-refractivity contribution in [3.63, 3.8) is 0 Å². The van der Waals surface area contributed by atoms with E-state index in [4.69, 9.17) is 4.74 Å². The molecule has 0 amide bonds. The Labute approximate surface area is 143 Å². The molecule has 0 saturated heterocycles. The van der Waals surface area contributed by atoms with Gasteiger partial charge in [0.2, 0.25) is 0 Å². The van der Waals surface area contributed by atoms with E-state index in [1.807, 2.05) is 10.7 Å². The highest BCUT2D eigenvalue weighted by Gasteiger charge is 2.19. The van der Waals surface area contributed by atoms with Crippen LogP contribution in [0.1, 0.15) is 49.7 Å². The van der Waals surface area contributed by atoms with Crippen LogP contribution in [0.15, 0.2) is 30.3 Å². The van der Waals surface area contributed by atoms with Crippen LogP contribution in [-0.4, -0.2) is 32.9 Å². The number of ether oxygens (including phenoxy) is 1. The van der Waals surface area contributed by atoms with Crippen molar-refractivity contribution in [1.29, 1.82) is 0 Å². The van der Waals surface area contributed by atoms with Gasteiger partial charge in [-0.2, -0.15) is 5.10 Å². The van der Waals surface area contributed by atoms with Gasteiger partial charge in [-0.3, -0.25) is 9.58 Å². The summed E-state index contributed by atoms with van der Waals surface area (Å²) < 4.78 is 7.73. The highest BCUT2D eigenvalue weighted by atomic mass is 16.5. The van der Waals surface area contributed by atoms with E-state index < -0.39 is 6.10 Å². The van der Waals surface area contributed by atoms with Gasteiger partial charge in [0.1, 0.15) is 5.75 Å². The van der Waals surface area contributed by atoms with E-state index in [1.165, 1.54) is 11.3 Å². The van der Waals surface area contributed by atoms with E-state index in [0.29, 0.717) is 0 Å². The highest BCUT2D eigenvalue weighted by molar-refractivity contribution is 5.27.